The first kappa shape index (κ1) is 23.7. The number of carbonyl (C=O) groups is 1. The highest BCUT2D eigenvalue weighted by Crippen LogP contribution is 2.29. The zero-order chi connectivity index (χ0) is 22.4. The smallest absolute Gasteiger partial charge is 0.268 e. The van der Waals surface area contributed by atoms with Gasteiger partial charge in [0, 0.05) is 12.2 Å². The van der Waals surface area contributed by atoms with E-state index in [9.17, 15) is 14.3 Å². The van der Waals surface area contributed by atoms with E-state index in [1.54, 1.807) is 0 Å². The van der Waals surface area contributed by atoms with Gasteiger partial charge < -0.3 is 38.3 Å². The summed E-state index contributed by atoms with van der Waals surface area (Å²) in [6.45, 7) is 6.49. The number of hydrogen-bond donors (Lipinski definition) is 8. The van der Waals surface area contributed by atoms with E-state index < -0.39 is 18.2 Å². The fourth-order valence-corrected chi connectivity index (χ4v) is 3.43. The van der Waals surface area contributed by atoms with E-state index in [0.29, 0.717) is 17.8 Å². The lowest BCUT2D eigenvalue weighted by Gasteiger charge is -2.32. The van der Waals surface area contributed by atoms with E-state index in [2.05, 4.69) is 21.3 Å². The normalized spacial score (nSPS) is 17.3. The highest BCUT2D eigenvalue weighted by atomic mass is 19.1. The van der Waals surface area contributed by atoms with Crippen LogP contribution < -0.4 is 38.5 Å². The number of aliphatic hydroxyl groups excluding tert-OH is 1. The summed E-state index contributed by atoms with van der Waals surface area (Å²) in [7, 11) is 0. The zero-order valence-electron chi connectivity index (χ0n) is 17.8. The Bertz CT molecular complexity index is 775. The lowest BCUT2D eigenvalue weighted by molar-refractivity contribution is -0.114. The lowest BCUT2D eigenvalue weighted by Crippen LogP contribution is -2.56. The number of carbonyl (C=O) groups excluding carboxylic acids is 1. The molecule has 0 aliphatic carbocycles. The van der Waals surface area contributed by atoms with E-state index in [1.807, 2.05) is 26.8 Å². The summed E-state index contributed by atoms with van der Waals surface area (Å²) in [5.74, 6) is -1.00. The number of aliphatic hydroxyl groups is 1. The maximum Gasteiger partial charge on any atom is 0.268 e. The van der Waals surface area contributed by atoms with Crippen LogP contribution in [0.4, 0.5) is 15.8 Å². The second-order valence-electron chi connectivity index (χ2n) is 7.83. The number of rotatable bonds is 10. The van der Waals surface area contributed by atoms with Gasteiger partial charge in [-0.25, -0.2) is 4.39 Å². The largest absolute Gasteiger partial charge is 0.391 e. The number of aryl methyl sites for hydroxylation is 1. The van der Waals surface area contributed by atoms with Gasteiger partial charge in [0.05, 0.1) is 17.9 Å². The molecule has 2 rings (SSSR count). The summed E-state index contributed by atoms with van der Waals surface area (Å²) in [6, 6.07) is 2.75. The first-order valence-corrected chi connectivity index (χ1v) is 10.2. The fourth-order valence-electron chi connectivity index (χ4n) is 3.43. The quantitative estimate of drug-likeness (QED) is 0.198. The number of nitrogens with one attached hydrogen (secondary N) is 4. The van der Waals surface area contributed by atoms with Crippen molar-refractivity contribution in [3.8, 4) is 0 Å². The van der Waals surface area contributed by atoms with Crippen molar-refractivity contribution in [3.63, 3.8) is 0 Å². The molecule has 0 fully saturated rings. The Labute approximate surface area is 176 Å². The number of primary amides is 1. The molecule has 11 N–H and O–H groups in total. The Morgan fingerprint density at radius 2 is 2.03 bits per heavy atom. The highest BCUT2D eigenvalue weighted by Gasteiger charge is 2.24. The maximum atomic E-state index is 14.5. The van der Waals surface area contributed by atoms with Gasteiger partial charge in [-0.1, -0.05) is 20.8 Å². The molecule has 2 unspecified atom stereocenters. The molecule has 10 heteroatoms. The Morgan fingerprint density at radius 3 is 2.60 bits per heavy atom. The molecule has 0 spiro atoms. The van der Waals surface area contributed by atoms with Gasteiger partial charge >= 0.3 is 0 Å². The lowest BCUT2D eigenvalue weighted by atomic mass is 10.0. The second-order valence-corrected chi connectivity index (χ2v) is 7.83. The number of hydrogen-bond acceptors (Lipinski definition) is 8. The van der Waals surface area contributed by atoms with Crippen LogP contribution in [-0.4, -0.2) is 36.0 Å². The van der Waals surface area contributed by atoms with Gasteiger partial charge in [-0.2, -0.15) is 0 Å². The molecule has 0 saturated heterocycles. The van der Waals surface area contributed by atoms with Gasteiger partial charge in [-0.3, -0.25) is 10.1 Å². The maximum absolute atomic E-state index is 14.5. The molecule has 1 aliphatic rings. The summed E-state index contributed by atoms with van der Waals surface area (Å²) >= 11 is 0. The number of anilines is 2. The summed E-state index contributed by atoms with van der Waals surface area (Å²) in [5.41, 5.74) is 18.5. The first-order valence-electron chi connectivity index (χ1n) is 10.2. The molecular formula is C20H34FN7O2. The van der Waals surface area contributed by atoms with Crippen LogP contribution in [0, 0.1) is 11.7 Å². The summed E-state index contributed by atoms with van der Waals surface area (Å²) in [4.78, 5) is 11.7. The molecule has 9 nitrogen and oxygen atoms in total. The van der Waals surface area contributed by atoms with Crippen LogP contribution in [0.25, 0.3) is 0 Å². The van der Waals surface area contributed by atoms with E-state index in [4.69, 9.17) is 17.2 Å². The van der Waals surface area contributed by atoms with Crippen LogP contribution in [0.3, 0.4) is 0 Å². The predicted molar refractivity (Wildman–Crippen MR) is 116 cm³/mol. The number of nitrogens with two attached hydrogens (primary N) is 3. The number of amides is 1. The van der Waals surface area contributed by atoms with Crippen LogP contribution in [0.15, 0.2) is 23.7 Å². The molecule has 0 bridgehead atoms. The van der Waals surface area contributed by atoms with Gasteiger partial charge in [0.25, 0.3) is 5.91 Å². The Morgan fingerprint density at radius 1 is 1.33 bits per heavy atom. The topological polar surface area (TPSA) is 163 Å². The fraction of sp³-hybridized carbons (Fsp3) is 0.550. The second kappa shape index (κ2) is 10.5. The van der Waals surface area contributed by atoms with Crippen LogP contribution in [0.2, 0.25) is 0 Å². The van der Waals surface area contributed by atoms with E-state index in [1.165, 1.54) is 6.07 Å². The third kappa shape index (κ3) is 5.97. The molecule has 168 valence electrons. The molecule has 1 aromatic rings. The molecule has 30 heavy (non-hydrogen) atoms. The van der Waals surface area contributed by atoms with Crippen LogP contribution in [0.1, 0.15) is 39.2 Å². The molecule has 1 heterocycles. The molecule has 0 aromatic heterocycles. The molecule has 1 amide bonds. The van der Waals surface area contributed by atoms with Crippen LogP contribution in [0.5, 0.6) is 0 Å². The zero-order valence-corrected chi connectivity index (χ0v) is 17.8. The van der Waals surface area contributed by atoms with E-state index in [0.717, 1.165) is 24.9 Å². The molecular weight excluding hydrogens is 389 g/mol. The number of fused-ring (bicyclic) bond motifs is 1. The number of halogens is 1. The van der Waals surface area contributed by atoms with Crippen molar-refractivity contribution in [3.05, 3.63) is 35.0 Å². The van der Waals surface area contributed by atoms with Crippen molar-refractivity contribution < 1.29 is 14.3 Å². The molecule has 1 aliphatic heterocycles. The van der Waals surface area contributed by atoms with Gasteiger partial charge in [0.15, 0.2) is 0 Å². The monoisotopic (exact) mass is 423 g/mol. The third-order valence-corrected chi connectivity index (χ3v) is 5.11. The molecule has 0 saturated carbocycles. The highest BCUT2D eigenvalue weighted by molar-refractivity contribution is 5.92. The van der Waals surface area contributed by atoms with Gasteiger partial charge in [-0.15, -0.1) is 0 Å². The minimum absolute atomic E-state index is 0.0527. The molecule has 1 aromatic carbocycles. The summed E-state index contributed by atoms with van der Waals surface area (Å²) in [5, 5.41) is 22.2. The van der Waals surface area contributed by atoms with Crippen LogP contribution in [-0.2, 0) is 11.2 Å². The average Bonchev–Trinajstić information content (AvgIpc) is 2.69. The van der Waals surface area contributed by atoms with Gasteiger partial charge in [0.2, 0.25) is 0 Å². The molecule has 3 atom stereocenters. The van der Waals surface area contributed by atoms with Crippen molar-refractivity contribution in [1.29, 1.82) is 0 Å². The minimum Gasteiger partial charge on any atom is -0.391 e. The standard InChI is InChI=1S/C20H34FN7O2/c1-4-14(27-16(10(2)3)19(24)30)28-20(15(22)18(23)29)26-12-8-11-6-5-7-25-17(11)13(21)9-12/h8-10,14,16,19,25-28,30H,4-7,22,24H2,1-3H3,(H2,23,29)/b20-15-/t14?,16-,19?/m1/s1. The Kier molecular flexibility index (Phi) is 8.27. The molecule has 0 radical (unpaired) electrons. The third-order valence-electron chi connectivity index (χ3n) is 5.11. The first-order chi connectivity index (χ1) is 14.1. The summed E-state index contributed by atoms with van der Waals surface area (Å²) < 4.78 is 14.5. The van der Waals surface area contributed by atoms with Gasteiger partial charge in [0.1, 0.15) is 23.6 Å². The van der Waals surface area contributed by atoms with Crippen LogP contribution >= 0.6 is 0 Å². The SMILES string of the molecule is CCC(N/C(Nc1cc(F)c2c(c1)CCCN2)=C(\N)C(N)=O)N[C@H](C(C)C)C(N)O. The van der Waals surface area contributed by atoms with Crippen molar-refractivity contribution >= 4 is 17.3 Å². The minimum atomic E-state index is -1.07. The van der Waals surface area contributed by atoms with Crippen molar-refractivity contribution in [2.75, 3.05) is 17.2 Å². The van der Waals surface area contributed by atoms with Gasteiger partial charge in [-0.05, 0) is 42.9 Å². The van der Waals surface area contributed by atoms with Crippen molar-refractivity contribution in [2.24, 2.45) is 23.1 Å². The predicted octanol–water partition coefficient (Wildman–Crippen LogP) is 0.426. The van der Waals surface area contributed by atoms with E-state index >= 15 is 0 Å². The van der Waals surface area contributed by atoms with Crippen molar-refractivity contribution in [1.82, 2.24) is 10.6 Å². The average molecular weight is 424 g/mol. The van der Waals surface area contributed by atoms with Crippen molar-refractivity contribution in [2.45, 2.75) is 58.5 Å². The Hall–Kier alpha value is -2.56. The van der Waals surface area contributed by atoms with E-state index in [-0.39, 0.29) is 29.4 Å². The Balaban J connectivity index is 2.28. The number of benzene rings is 1. The summed E-state index contributed by atoms with van der Waals surface area (Å²) in [6.07, 6.45) is 0.767.